The summed E-state index contributed by atoms with van der Waals surface area (Å²) in [5.74, 6) is 6.69. The molecule has 3 nitrogen and oxygen atoms in total. The van der Waals surface area contributed by atoms with E-state index in [1.807, 2.05) is 12.1 Å². The summed E-state index contributed by atoms with van der Waals surface area (Å²) in [6.45, 7) is 7.10. The van der Waals surface area contributed by atoms with Gasteiger partial charge in [-0.3, -0.25) is 5.84 Å². The summed E-state index contributed by atoms with van der Waals surface area (Å²) in [7, 11) is 0. The summed E-state index contributed by atoms with van der Waals surface area (Å²) in [4.78, 5) is 0. The summed E-state index contributed by atoms with van der Waals surface area (Å²) in [5, 5.41) is 0. The van der Waals surface area contributed by atoms with Crippen LogP contribution in [0.3, 0.4) is 0 Å². The Kier molecular flexibility index (Phi) is 5.37. The molecular formula is C18H24N2O. The van der Waals surface area contributed by atoms with Gasteiger partial charge in [0.1, 0.15) is 5.75 Å². The molecule has 0 aliphatic heterocycles. The van der Waals surface area contributed by atoms with Crippen LogP contribution in [0.15, 0.2) is 42.5 Å². The Morgan fingerprint density at radius 1 is 1.10 bits per heavy atom. The standard InChI is InChI=1S/C18H24N2O/c1-4-12-21-16-10-8-15(9-11-16)18(20-19)17-7-5-6-13(2)14(17)3/h5-11,18,20H,4,12,19H2,1-3H3. The van der Waals surface area contributed by atoms with Crippen LogP contribution in [0.5, 0.6) is 5.75 Å². The molecule has 0 aliphatic rings. The molecule has 0 bridgehead atoms. The van der Waals surface area contributed by atoms with E-state index < -0.39 is 0 Å². The zero-order chi connectivity index (χ0) is 15.2. The molecule has 0 fully saturated rings. The largest absolute Gasteiger partial charge is 0.494 e. The molecule has 1 unspecified atom stereocenters. The molecule has 0 aliphatic carbocycles. The first-order chi connectivity index (χ1) is 10.2. The summed E-state index contributed by atoms with van der Waals surface area (Å²) >= 11 is 0. The molecule has 1 atom stereocenters. The molecule has 3 N–H and O–H groups in total. The van der Waals surface area contributed by atoms with Gasteiger partial charge >= 0.3 is 0 Å². The van der Waals surface area contributed by atoms with Gasteiger partial charge < -0.3 is 4.74 Å². The maximum Gasteiger partial charge on any atom is 0.119 e. The average Bonchev–Trinajstić information content (AvgIpc) is 2.51. The molecule has 0 amide bonds. The van der Waals surface area contributed by atoms with Crippen LogP contribution < -0.4 is 16.0 Å². The normalized spacial score (nSPS) is 12.2. The Morgan fingerprint density at radius 2 is 1.81 bits per heavy atom. The first-order valence-electron chi connectivity index (χ1n) is 7.42. The molecule has 2 aromatic carbocycles. The van der Waals surface area contributed by atoms with E-state index in [0.717, 1.165) is 24.3 Å². The summed E-state index contributed by atoms with van der Waals surface area (Å²) in [6, 6.07) is 14.4. The molecule has 0 saturated heterocycles. The quantitative estimate of drug-likeness (QED) is 0.629. The minimum absolute atomic E-state index is 0.00914. The number of hydrogen-bond donors (Lipinski definition) is 2. The third-order valence-corrected chi connectivity index (χ3v) is 3.81. The van der Waals surface area contributed by atoms with Crippen molar-refractivity contribution in [3.05, 3.63) is 64.7 Å². The lowest BCUT2D eigenvalue weighted by atomic mass is 9.93. The highest BCUT2D eigenvalue weighted by Crippen LogP contribution is 2.27. The fourth-order valence-corrected chi connectivity index (χ4v) is 2.43. The lowest BCUT2D eigenvalue weighted by Crippen LogP contribution is -2.29. The lowest BCUT2D eigenvalue weighted by Gasteiger charge is -2.20. The second kappa shape index (κ2) is 7.25. The highest BCUT2D eigenvalue weighted by atomic mass is 16.5. The SMILES string of the molecule is CCCOc1ccc(C(NN)c2cccc(C)c2C)cc1. The number of hydrogen-bond acceptors (Lipinski definition) is 3. The van der Waals surface area contributed by atoms with Crippen molar-refractivity contribution >= 4 is 0 Å². The van der Waals surface area contributed by atoms with Crippen LogP contribution in [0.4, 0.5) is 0 Å². The van der Waals surface area contributed by atoms with E-state index in [9.17, 15) is 0 Å². The van der Waals surface area contributed by atoms with Gasteiger partial charge in [-0.05, 0) is 54.7 Å². The maximum atomic E-state index is 5.79. The minimum atomic E-state index is -0.00914. The van der Waals surface area contributed by atoms with Crippen molar-refractivity contribution in [1.29, 1.82) is 0 Å². The number of hydrazine groups is 1. The number of benzene rings is 2. The van der Waals surface area contributed by atoms with Crippen molar-refractivity contribution < 1.29 is 4.74 Å². The first kappa shape index (κ1) is 15.5. The Labute approximate surface area is 127 Å². The summed E-state index contributed by atoms with van der Waals surface area (Å²) < 4.78 is 5.62. The number of nitrogens with one attached hydrogen (secondary N) is 1. The van der Waals surface area contributed by atoms with Gasteiger partial charge in [0.05, 0.1) is 12.6 Å². The Hall–Kier alpha value is -1.84. The van der Waals surface area contributed by atoms with Crippen LogP contribution in [0.1, 0.15) is 41.6 Å². The van der Waals surface area contributed by atoms with Crippen molar-refractivity contribution in [2.45, 2.75) is 33.2 Å². The van der Waals surface area contributed by atoms with Crippen molar-refractivity contribution in [2.75, 3.05) is 6.61 Å². The van der Waals surface area contributed by atoms with Gasteiger partial charge in [-0.1, -0.05) is 37.3 Å². The van der Waals surface area contributed by atoms with Crippen LogP contribution >= 0.6 is 0 Å². The molecule has 0 aromatic heterocycles. The summed E-state index contributed by atoms with van der Waals surface area (Å²) in [5.41, 5.74) is 7.81. The van der Waals surface area contributed by atoms with Gasteiger partial charge in [0.2, 0.25) is 0 Å². The summed E-state index contributed by atoms with van der Waals surface area (Å²) in [6.07, 6.45) is 1.01. The van der Waals surface area contributed by atoms with Crippen LogP contribution in [-0.4, -0.2) is 6.61 Å². The second-order valence-corrected chi connectivity index (χ2v) is 5.31. The van der Waals surface area contributed by atoms with E-state index in [0.29, 0.717) is 0 Å². The number of nitrogens with two attached hydrogens (primary N) is 1. The minimum Gasteiger partial charge on any atom is -0.494 e. The second-order valence-electron chi connectivity index (χ2n) is 5.31. The third kappa shape index (κ3) is 3.63. The molecule has 0 spiro atoms. The van der Waals surface area contributed by atoms with Gasteiger partial charge in [-0.15, -0.1) is 0 Å². The van der Waals surface area contributed by atoms with E-state index in [1.165, 1.54) is 16.7 Å². The average molecular weight is 284 g/mol. The van der Waals surface area contributed by atoms with E-state index in [2.05, 4.69) is 56.5 Å². The van der Waals surface area contributed by atoms with Gasteiger partial charge in [0, 0.05) is 0 Å². The van der Waals surface area contributed by atoms with Crippen LogP contribution in [0, 0.1) is 13.8 Å². The van der Waals surface area contributed by atoms with Crippen LogP contribution in [-0.2, 0) is 0 Å². The molecule has 0 radical (unpaired) electrons. The fourth-order valence-electron chi connectivity index (χ4n) is 2.43. The van der Waals surface area contributed by atoms with Gasteiger partial charge in [0.15, 0.2) is 0 Å². The molecule has 112 valence electrons. The number of ether oxygens (including phenoxy) is 1. The van der Waals surface area contributed by atoms with E-state index in [4.69, 9.17) is 10.6 Å². The fraction of sp³-hybridized carbons (Fsp3) is 0.333. The van der Waals surface area contributed by atoms with Crippen molar-refractivity contribution in [3.8, 4) is 5.75 Å². The molecule has 0 saturated carbocycles. The predicted molar refractivity (Wildman–Crippen MR) is 87.3 cm³/mol. The van der Waals surface area contributed by atoms with Gasteiger partial charge in [-0.25, -0.2) is 5.43 Å². The molecule has 3 heteroatoms. The predicted octanol–water partition coefficient (Wildman–Crippen LogP) is 3.64. The molecular weight excluding hydrogens is 260 g/mol. The van der Waals surface area contributed by atoms with Crippen LogP contribution in [0.2, 0.25) is 0 Å². The Morgan fingerprint density at radius 3 is 2.43 bits per heavy atom. The number of aryl methyl sites for hydroxylation is 1. The molecule has 21 heavy (non-hydrogen) atoms. The first-order valence-corrected chi connectivity index (χ1v) is 7.42. The zero-order valence-corrected chi connectivity index (χ0v) is 13.0. The maximum absolute atomic E-state index is 5.79. The topological polar surface area (TPSA) is 47.3 Å². The Balaban J connectivity index is 2.27. The molecule has 0 heterocycles. The van der Waals surface area contributed by atoms with Gasteiger partial charge in [0.25, 0.3) is 0 Å². The van der Waals surface area contributed by atoms with Gasteiger partial charge in [-0.2, -0.15) is 0 Å². The lowest BCUT2D eigenvalue weighted by molar-refractivity contribution is 0.317. The molecule has 2 rings (SSSR count). The molecule has 2 aromatic rings. The smallest absolute Gasteiger partial charge is 0.119 e. The van der Waals surface area contributed by atoms with E-state index in [-0.39, 0.29) is 6.04 Å². The Bertz CT molecular complexity index is 578. The number of rotatable bonds is 6. The van der Waals surface area contributed by atoms with Crippen LogP contribution in [0.25, 0.3) is 0 Å². The highest BCUT2D eigenvalue weighted by Gasteiger charge is 2.15. The zero-order valence-electron chi connectivity index (χ0n) is 13.0. The van der Waals surface area contributed by atoms with E-state index >= 15 is 0 Å². The monoisotopic (exact) mass is 284 g/mol. The van der Waals surface area contributed by atoms with E-state index in [1.54, 1.807) is 0 Å². The van der Waals surface area contributed by atoms with Crippen molar-refractivity contribution in [1.82, 2.24) is 5.43 Å². The van der Waals surface area contributed by atoms with Crippen molar-refractivity contribution in [2.24, 2.45) is 5.84 Å². The van der Waals surface area contributed by atoms with Crippen molar-refractivity contribution in [3.63, 3.8) is 0 Å². The highest BCUT2D eigenvalue weighted by molar-refractivity contribution is 5.41. The third-order valence-electron chi connectivity index (χ3n) is 3.81.